The van der Waals surface area contributed by atoms with Crippen molar-refractivity contribution in [1.29, 1.82) is 0 Å². The first-order chi connectivity index (χ1) is 6.75. The second-order valence-electron chi connectivity index (χ2n) is 4.40. The average Bonchev–Trinajstić information content (AvgIpc) is 2.47. The number of aryl methyl sites for hydroxylation is 1. The number of nitrogens with zero attached hydrogens (tertiary/aromatic N) is 1. The summed E-state index contributed by atoms with van der Waals surface area (Å²) in [4.78, 5) is 3.17. The lowest BCUT2D eigenvalue weighted by Crippen LogP contribution is -2.13. The minimum Gasteiger partial charge on any atom is -0.335 e. The maximum atomic E-state index is 5.25. The molecule has 0 saturated heterocycles. The van der Waals surface area contributed by atoms with Crippen LogP contribution >= 0.6 is 12.2 Å². The molecule has 0 bridgehead atoms. The average molecular weight is 210 g/mol. The zero-order valence-electron chi connectivity index (χ0n) is 8.75. The summed E-state index contributed by atoms with van der Waals surface area (Å²) in [6.07, 6.45) is 9.13. The van der Waals surface area contributed by atoms with Crippen LogP contribution < -0.4 is 0 Å². The van der Waals surface area contributed by atoms with Crippen LogP contribution in [0.4, 0.5) is 0 Å². The summed E-state index contributed by atoms with van der Waals surface area (Å²) in [5, 5.41) is 0. The Hall–Kier alpha value is -0.570. The molecule has 2 rings (SSSR count). The van der Waals surface area contributed by atoms with Crippen molar-refractivity contribution in [1.82, 2.24) is 9.55 Å². The van der Waals surface area contributed by atoms with Crippen LogP contribution in [0, 0.1) is 17.6 Å². The SMILES string of the molecule is Cc1cn(CC2CCCCC2)c(=S)[nH]1. The number of H-pyrrole nitrogens is 1. The first kappa shape index (κ1) is 9.97. The highest BCUT2D eigenvalue weighted by molar-refractivity contribution is 7.71. The second kappa shape index (κ2) is 4.30. The molecule has 0 radical (unpaired) electrons. The molecular weight excluding hydrogens is 192 g/mol. The Kier molecular flexibility index (Phi) is 3.06. The van der Waals surface area contributed by atoms with Crippen LogP contribution in [0.2, 0.25) is 0 Å². The predicted octanol–water partition coefficient (Wildman–Crippen LogP) is 3.43. The molecule has 1 aliphatic carbocycles. The normalized spacial score (nSPS) is 18.6. The number of hydrogen-bond acceptors (Lipinski definition) is 1. The van der Waals surface area contributed by atoms with Crippen molar-refractivity contribution in [2.45, 2.75) is 45.6 Å². The molecule has 1 N–H and O–H groups in total. The van der Waals surface area contributed by atoms with E-state index in [0.29, 0.717) is 0 Å². The summed E-state index contributed by atoms with van der Waals surface area (Å²) in [5.74, 6) is 0.852. The van der Waals surface area contributed by atoms with Gasteiger partial charge in [-0.1, -0.05) is 19.3 Å². The molecule has 0 atom stereocenters. The van der Waals surface area contributed by atoms with Gasteiger partial charge in [-0.15, -0.1) is 0 Å². The van der Waals surface area contributed by atoms with Gasteiger partial charge in [0.15, 0.2) is 4.77 Å². The third-order valence-electron chi connectivity index (χ3n) is 3.09. The van der Waals surface area contributed by atoms with E-state index in [9.17, 15) is 0 Å². The highest BCUT2D eigenvalue weighted by Gasteiger charge is 2.14. The quantitative estimate of drug-likeness (QED) is 0.742. The lowest BCUT2D eigenvalue weighted by Gasteiger charge is -2.21. The first-order valence-electron chi connectivity index (χ1n) is 5.52. The van der Waals surface area contributed by atoms with E-state index < -0.39 is 0 Å². The van der Waals surface area contributed by atoms with Crippen molar-refractivity contribution in [3.63, 3.8) is 0 Å². The zero-order valence-corrected chi connectivity index (χ0v) is 9.57. The van der Waals surface area contributed by atoms with Gasteiger partial charge >= 0.3 is 0 Å². The summed E-state index contributed by atoms with van der Waals surface area (Å²) in [7, 11) is 0. The fourth-order valence-electron chi connectivity index (χ4n) is 2.35. The number of hydrogen-bond donors (Lipinski definition) is 1. The van der Waals surface area contributed by atoms with Gasteiger partial charge in [0, 0.05) is 18.4 Å². The van der Waals surface area contributed by atoms with Crippen LogP contribution in [0.5, 0.6) is 0 Å². The van der Waals surface area contributed by atoms with Crippen LogP contribution in [-0.4, -0.2) is 9.55 Å². The predicted molar refractivity (Wildman–Crippen MR) is 60.9 cm³/mol. The summed E-state index contributed by atoms with van der Waals surface area (Å²) < 4.78 is 3.08. The third kappa shape index (κ3) is 2.27. The van der Waals surface area contributed by atoms with Crippen molar-refractivity contribution in [3.8, 4) is 0 Å². The number of aromatic amines is 1. The van der Waals surface area contributed by atoms with E-state index >= 15 is 0 Å². The molecule has 0 amide bonds. The molecular formula is C11H18N2S. The van der Waals surface area contributed by atoms with E-state index in [4.69, 9.17) is 12.2 Å². The van der Waals surface area contributed by atoms with Crippen molar-refractivity contribution in [3.05, 3.63) is 16.7 Å². The molecule has 0 aromatic carbocycles. The Balaban J connectivity index is 2.02. The molecule has 2 nitrogen and oxygen atoms in total. The van der Waals surface area contributed by atoms with Crippen LogP contribution in [0.25, 0.3) is 0 Å². The largest absolute Gasteiger partial charge is 0.335 e. The molecule has 78 valence electrons. The number of imidazole rings is 1. The number of rotatable bonds is 2. The Bertz CT molecular complexity index is 344. The smallest absolute Gasteiger partial charge is 0.177 e. The molecule has 1 saturated carbocycles. The van der Waals surface area contributed by atoms with E-state index in [-0.39, 0.29) is 0 Å². The van der Waals surface area contributed by atoms with Crippen molar-refractivity contribution >= 4 is 12.2 Å². The Morgan fingerprint density at radius 3 is 2.71 bits per heavy atom. The maximum absolute atomic E-state index is 5.25. The van der Waals surface area contributed by atoms with Crippen LogP contribution in [0.1, 0.15) is 37.8 Å². The van der Waals surface area contributed by atoms with Crippen molar-refractivity contribution in [2.75, 3.05) is 0 Å². The molecule has 0 spiro atoms. The fourth-order valence-corrected chi connectivity index (χ4v) is 2.64. The van der Waals surface area contributed by atoms with Crippen molar-refractivity contribution < 1.29 is 0 Å². The number of aromatic nitrogens is 2. The molecule has 1 aromatic heterocycles. The Labute approximate surface area is 90.3 Å². The topological polar surface area (TPSA) is 20.7 Å². The monoisotopic (exact) mass is 210 g/mol. The van der Waals surface area contributed by atoms with Gasteiger partial charge < -0.3 is 9.55 Å². The second-order valence-corrected chi connectivity index (χ2v) is 4.79. The lowest BCUT2D eigenvalue weighted by atomic mass is 9.89. The van der Waals surface area contributed by atoms with E-state index in [1.807, 2.05) is 0 Å². The van der Waals surface area contributed by atoms with Gasteiger partial charge in [-0.25, -0.2) is 0 Å². The summed E-state index contributed by atoms with van der Waals surface area (Å²) in [6, 6.07) is 0. The van der Waals surface area contributed by atoms with E-state index in [1.165, 1.54) is 37.8 Å². The first-order valence-corrected chi connectivity index (χ1v) is 5.92. The standard InChI is InChI=1S/C11H18N2S/c1-9-7-13(11(14)12-9)8-10-5-3-2-4-6-10/h7,10H,2-6,8H2,1H3,(H,12,14). The highest BCUT2D eigenvalue weighted by atomic mass is 32.1. The van der Waals surface area contributed by atoms with Gasteiger partial charge in [-0.05, 0) is 37.9 Å². The molecule has 1 heterocycles. The van der Waals surface area contributed by atoms with Crippen LogP contribution in [0.3, 0.4) is 0 Å². The minimum atomic E-state index is 0.852. The molecule has 3 heteroatoms. The fraction of sp³-hybridized carbons (Fsp3) is 0.727. The van der Waals surface area contributed by atoms with Gasteiger partial charge in [0.1, 0.15) is 0 Å². The lowest BCUT2D eigenvalue weighted by molar-refractivity contribution is 0.318. The van der Waals surface area contributed by atoms with E-state index in [2.05, 4.69) is 22.7 Å². The highest BCUT2D eigenvalue weighted by Crippen LogP contribution is 2.25. The maximum Gasteiger partial charge on any atom is 0.177 e. The summed E-state index contributed by atoms with van der Waals surface area (Å²) >= 11 is 5.25. The molecule has 14 heavy (non-hydrogen) atoms. The summed E-state index contributed by atoms with van der Waals surface area (Å²) in [6.45, 7) is 3.18. The minimum absolute atomic E-state index is 0.852. The molecule has 1 fully saturated rings. The molecule has 0 unspecified atom stereocenters. The van der Waals surface area contributed by atoms with Crippen LogP contribution in [-0.2, 0) is 6.54 Å². The Morgan fingerprint density at radius 1 is 1.43 bits per heavy atom. The summed E-state index contributed by atoms with van der Waals surface area (Å²) in [5.41, 5.74) is 1.17. The number of nitrogens with one attached hydrogen (secondary N) is 1. The van der Waals surface area contributed by atoms with Gasteiger partial charge in [-0.3, -0.25) is 0 Å². The zero-order chi connectivity index (χ0) is 9.97. The molecule has 1 aromatic rings. The van der Waals surface area contributed by atoms with Crippen LogP contribution in [0.15, 0.2) is 6.20 Å². The van der Waals surface area contributed by atoms with E-state index in [0.717, 1.165) is 17.2 Å². The van der Waals surface area contributed by atoms with Gasteiger partial charge in [0.25, 0.3) is 0 Å². The van der Waals surface area contributed by atoms with Gasteiger partial charge in [0.05, 0.1) is 0 Å². The molecule has 1 aliphatic rings. The van der Waals surface area contributed by atoms with E-state index in [1.54, 1.807) is 0 Å². The third-order valence-corrected chi connectivity index (χ3v) is 3.43. The Morgan fingerprint density at radius 2 is 2.14 bits per heavy atom. The van der Waals surface area contributed by atoms with Gasteiger partial charge in [0.2, 0.25) is 0 Å². The van der Waals surface area contributed by atoms with Crippen molar-refractivity contribution in [2.24, 2.45) is 5.92 Å². The van der Waals surface area contributed by atoms with Gasteiger partial charge in [-0.2, -0.15) is 0 Å². The molecule has 0 aliphatic heterocycles.